The molecule has 0 atom stereocenters. The summed E-state index contributed by atoms with van der Waals surface area (Å²) in [4.78, 5) is 27.7. The highest BCUT2D eigenvalue weighted by atomic mass is 16.5. The Bertz CT molecular complexity index is 993. The van der Waals surface area contributed by atoms with E-state index >= 15 is 0 Å². The van der Waals surface area contributed by atoms with Gasteiger partial charge in [0, 0.05) is 24.8 Å². The Labute approximate surface area is 160 Å². The first-order valence-corrected chi connectivity index (χ1v) is 8.62. The fourth-order valence-electron chi connectivity index (χ4n) is 2.37. The number of aliphatic hydroxyl groups is 1. The quantitative estimate of drug-likeness (QED) is 0.561. The summed E-state index contributed by atoms with van der Waals surface area (Å²) in [6.45, 7) is 2.16. The maximum Gasteiger partial charge on any atom is 0.316 e. The molecular formula is C19H19N3O6. The van der Waals surface area contributed by atoms with Crippen molar-refractivity contribution >= 4 is 5.91 Å². The summed E-state index contributed by atoms with van der Waals surface area (Å²) in [7, 11) is 0. The Kier molecular flexibility index (Phi) is 6.18. The van der Waals surface area contributed by atoms with Crippen molar-refractivity contribution in [3.05, 3.63) is 64.0 Å². The van der Waals surface area contributed by atoms with Crippen LogP contribution < -0.4 is 15.5 Å². The third-order valence-electron chi connectivity index (χ3n) is 3.84. The molecule has 3 aromatic rings. The monoisotopic (exact) mass is 385 g/mol. The molecule has 2 N–H and O–H groups in total. The Balaban J connectivity index is 1.63. The van der Waals surface area contributed by atoms with Crippen molar-refractivity contribution in [3.8, 4) is 17.1 Å². The smallest absolute Gasteiger partial charge is 0.316 e. The lowest BCUT2D eigenvalue weighted by Crippen LogP contribution is -2.25. The molecule has 146 valence electrons. The largest absolute Gasteiger partial charge is 0.482 e. The van der Waals surface area contributed by atoms with Gasteiger partial charge in [-0.2, -0.15) is 4.98 Å². The number of amides is 1. The number of aromatic nitrogens is 2. The van der Waals surface area contributed by atoms with E-state index in [0.29, 0.717) is 24.3 Å². The molecule has 0 radical (unpaired) electrons. The molecule has 0 aliphatic heterocycles. The van der Waals surface area contributed by atoms with E-state index in [9.17, 15) is 9.59 Å². The fourth-order valence-corrected chi connectivity index (χ4v) is 2.37. The van der Waals surface area contributed by atoms with Crippen LogP contribution in [-0.2, 0) is 6.61 Å². The first-order chi connectivity index (χ1) is 13.6. The van der Waals surface area contributed by atoms with E-state index in [0.717, 1.165) is 5.56 Å². The lowest BCUT2D eigenvalue weighted by Gasteiger charge is -2.07. The predicted octanol–water partition coefficient (Wildman–Crippen LogP) is 1.69. The highest BCUT2D eigenvalue weighted by Crippen LogP contribution is 2.18. The molecule has 0 fully saturated rings. The van der Waals surface area contributed by atoms with Crippen molar-refractivity contribution in [2.75, 3.05) is 13.2 Å². The Morgan fingerprint density at radius 2 is 2.04 bits per heavy atom. The molecule has 9 heteroatoms. The summed E-state index contributed by atoms with van der Waals surface area (Å²) in [5.74, 6) is 0.238. The maximum atomic E-state index is 11.9. The van der Waals surface area contributed by atoms with Crippen LogP contribution in [0.4, 0.5) is 0 Å². The minimum Gasteiger partial charge on any atom is -0.482 e. The molecule has 1 aromatic carbocycles. The van der Waals surface area contributed by atoms with E-state index in [4.69, 9.17) is 18.8 Å². The van der Waals surface area contributed by atoms with Gasteiger partial charge in [-0.05, 0) is 18.9 Å². The van der Waals surface area contributed by atoms with Crippen LogP contribution in [0, 0.1) is 6.92 Å². The van der Waals surface area contributed by atoms with Gasteiger partial charge in [-0.1, -0.05) is 29.4 Å². The van der Waals surface area contributed by atoms with Crippen LogP contribution in [0.3, 0.4) is 0 Å². The molecule has 0 aliphatic carbocycles. The van der Waals surface area contributed by atoms with Crippen LogP contribution in [0.1, 0.15) is 28.4 Å². The standard InChI is InChI=1S/C19H19N3O6/c1-12-16(15(24)7-10-26-12)27-11-13-3-5-14(6-4-13)17-21-19(28-22-17)18(25)20-8-2-9-23/h3-7,10,23H,2,8-9,11H2,1H3,(H,20,25). The summed E-state index contributed by atoms with van der Waals surface area (Å²) in [6, 6.07) is 8.42. The average molecular weight is 385 g/mol. The highest BCUT2D eigenvalue weighted by molar-refractivity contribution is 5.89. The lowest BCUT2D eigenvalue weighted by atomic mass is 10.1. The third kappa shape index (κ3) is 4.63. The number of carbonyl (C=O) groups excluding carboxylic acids is 1. The molecule has 3 rings (SSSR count). The normalized spacial score (nSPS) is 10.6. The number of aryl methyl sites for hydroxylation is 1. The molecule has 0 bridgehead atoms. The van der Waals surface area contributed by atoms with Crippen molar-refractivity contribution in [1.82, 2.24) is 15.5 Å². The van der Waals surface area contributed by atoms with Crippen LogP contribution in [0.15, 0.2) is 50.3 Å². The third-order valence-corrected chi connectivity index (χ3v) is 3.84. The number of nitrogens with one attached hydrogen (secondary N) is 1. The minimum atomic E-state index is -0.491. The van der Waals surface area contributed by atoms with Crippen molar-refractivity contribution < 1.29 is 23.6 Å². The van der Waals surface area contributed by atoms with Crippen molar-refractivity contribution in [2.45, 2.75) is 20.0 Å². The molecule has 1 amide bonds. The summed E-state index contributed by atoms with van der Waals surface area (Å²) in [6.07, 6.45) is 1.77. The number of ether oxygens (including phenoxy) is 1. The van der Waals surface area contributed by atoms with Gasteiger partial charge in [0.05, 0.1) is 6.26 Å². The molecule has 2 aromatic heterocycles. The number of aliphatic hydroxyl groups excluding tert-OH is 1. The van der Waals surface area contributed by atoms with Crippen LogP contribution in [0.5, 0.6) is 5.75 Å². The van der Waals surface area contributed by atoms with E-state index in [1.165, 1.54) is 12.3 Å². The summed E-state index contributed by atoms with van der Waals surface area (Å²) < 4.78 is 15.7. The zero-order valence-corrected chi connectivity index (χ0v) is 15.2. The molecule has 9 nitrogen and oxygen atoms in total. The van der Waals surface area contributed by atoms with Gasteiger partial charge in [-0.3, -0.25) is 9.59 Å². The molecule has 0 spiro atoms. The highest BCUT2D eigenvalue weighted by Gasteiger charge is 2.15. The molecular weight excluding hydrogens is 366 g/mol. The van der Waals surface area contributed by atoms with Gasteiger partial charge in [0.25, 0.3) is 0 Å². The summed E-state index contributed by atoms with van der Waals surface area (Å²) in [5.41, 5.74) is 1.26. The Morgan fingerprint density at radius 3 is 2.75 bits per heavy atom. The van der Waals surface area contributed by atoms with Gasteiger partial charge >= 0.3 is 11.8 Å². The SMILES string of the molecule is Cc1occc(=O)c1OCc1ccc(-c2noc(C(=O)NCCCO)n2)cc1. The number of benzene rings is 1. The number of hydrogen-bond donors (Lipinski definition) is 2. The van der Waals surface area contributed by atoms with Gasteiger partial charge < -0.3 is 24.1 Å². The van der Waals surface area contributed by atoms with Crippen molar-refractivity contribution in [3.63, 3.8) is 0 Å². The van der Waals surface area contributed by atoms with Crippen LogP contribution >= 0.6 is 0 Å². The van der Waals surface area contributed by atoms with E-state index in [1.807, 2.05) is 0 Å². The zero-order valence-electron chi connectivity index (χ0n) is 15.2. The van der Waals surface area contributed by atoms with E-state index in [1.54, 1.807) is 31.2 Å². The van der Waals surface area contributed by atoms with E-state index in [2.05, 4.69) is 15.5 Å². The number of hydrogen-bond acceptors (Lipinski definition) is 8. The molecule has 0 saturated carbocycles. The lowest BCUT2D eigenvalue weighted by molar-refractivity contribution is 0.0907. The van der Waals surface area contributed by atoms with Gasteiger partial charge in [0.2, 0.25) is 17.0 Å². The minimum absolute atomic E-state index is 0.0137. The molecule has 28 heavy (non-hydrogen) atoms. The van der Waals surface area contributed by atoms with Crippen LogP contribution in [-0.4, -0.2) is 34.3 Å². The Morgan fingerprint density at radius 1 is 1.25 bits per heavy atom. The number of carbonyl (C=O) groups is 1. The molecule has 0 saturated heterocycles. The average Bonchev–Trinajstić information content (AvgIpc) is 3.18. The van der Waals surface area contributed by atoms with E-state index in [-0.39, 0.29) is 36.1 Å². The second-order valence-electron chi connectivity index (χ2n) is 5.91. The molecule has 2 heterocycles. The van der Waals surface area contributed by atoms with Crippen molar-refractivity contribution in [2.24, 2.45) is 0 Å². The molecule has 0 aliphatic rings. The fraction of sp³-hybridized carbons (Fsp3) is 0.263. The first-order valence-electron chi connectivity index (χ1n) is 8.62. The van der Waals surface area contributed by atoms with Gasteiger partial charge in [0.15, 0.2) is 0 Å². The van der Waals surface area contributed by atoms with Gasteiger partial charge in [0.1, 0.15) is 12.4 Å². The van der Waals surface area contributed by atoms with Gasteiger partial charge in [-0.25, -0.2) is 0 Å². The van der Waals surface area contributed by atoms with Crippen LogP contribution in [0.25, 0.3) is 11.4 Å². The number of nitrogens with zero attached hydrogens (tertiary/aromatic N) is 2. The van der Waals surface area contributed by atoms with Gasteiger partial charge in [-0.15, -0.1) is 0 Å². The number of rotatable bonds is 8. The predicted molar refractivity (Wildman–Crippen MR) is 97.8 cm³/mol. The second-order valence-corrected chi connectivity index (χ2v) is 5.91. The Hall–Kier alpha value is -3.46. The first kappa shape index (κ1) is 19.3. The topological polar surface area (TPSA) is 128 Å². The summed E-state index contributed by atoms with van der Waals surface area (Å²) >= 11 is 0. The van der Waals surface area contributed by atoms with Crippen molar-refractivity contribution in [1.29, 1.82) is 0 Å². The zero-order chi connectivity index (χ0) is 19.9. The van der Waals surface area contributed by atoms with E-state index < -0.39 is 5.91 Å². The van der Waals surface area contributed by atoms with Crippen LogP contribution in [0.2, 0.25) is 0 Å². The summed E-state index contributed by atoms with van der Waals surface area (Å²) in [5, 5.41) is 15.1. The second kappa shape index (κ2) is 8.96. The maximum absolute atomic E-state index is 11.9. The molecule has 0 unspecified atom stereocenters.